The first kappa shape index (κ1) is 16.7. The Balaban J connectivity index is 1.90. The van der Waals surface area contributed by atoms with Gasteiger partial charge >= 0.3 is 0 Å². The summed E-state index contributed by atoms with van der Waals surface area (Å²) in [6, 6.07) is 16.4. The number of nitrogens with zero attached hydrogens (tertiary/aromatic N) is 2. The first-order valence-electron chi connectivity index (χ1n) is 7.10. The number of halogens is 1. The fourth-order valence-electron chi connectivity index (χ4n) is 2.25. The molecule has 120 valence electrons. The van der Waals surface area contributed by atoms with E-state index in [1.165, 1.54) is 11.1 Å². The molecule has 7 heteroatoms. The normalized spacial score (nSPS) is 18.1. The van der Waals surface area contributed by atoms with Gasteiger partial charge in [-0.1, -0.05) is 30.3 Å². The number of hydrogen-bond acceptors (Lipinski definition) is 4. The van der Waals surface area contributed by atoms with Gasteiger partial charge in [0.15, 0.2) is 11.0 Å². The van der Waals surface area contributed by atoms with Crippen molar-refractivity contribution < 1.29 is 9.59 Å². The molecule has 24 heavy (non-hydrogen) atoms. The fraction of sp³-hybridized carbons (Fsp3) is 0.0588. The summed E-state index contributed by atoms with van der Waals surface area (Å²) in [7, 11) is 0. The van der Waals surface area contributed by atoms with Gasteiger partial charge in [-0.25, -0.2) is 0 Å². The van der Waals surface area contributed by atoms with Crippen molar-refractivity contribution in [3.05, 3.63) is 58.2 Å². The number of nitrogens with one attached hydrogen (secondary N) is 1. The van der Waals surface area contributed by atoms with E-state index in [1.807, 2.05) is 30.3 Å². The Kier molecular flexibility index (Phi) is 5.00. The van der Waals surface area contributed by atoms with E-state index in [0.717, 1.165) is 3.57 Å². The van der Waals surface area contributed by atoms with Crippen molar-refractivity contribution in [2.45, 2.75) is 0 Å². The van der Waals surface area contributed by atoms with Gasteiger partial charge in [-0.05, 0) is 59.1 Å². The van der Waals surface area contributed by atoms with Crippen LogP contribution in [0.25, 0.3) is 0 Å². The van der Waals surface area contributed by atoms with E-state index in [1.54, 1.807) is 24.3 Å². The zero-order valence-electron chi connectivity index (χ0n) is 12.3. The molecule has 0 saturated carbocycles. The molecular formula is C17H12IN3O2S. The van der Waals surface area contributed by atoms with E-state index in [-0.39, 0.29) is 5.11 Å². The highest BCUT2D eigenvalue weighted by molar-refractivity contribution is 14.1. The minimum absolute atomic E-state index is 0.0788. The SMILES string of the molecule is O=C1NC(=S)N(c2ccccc2)C(=O)[C@@H]1C=Nc1ccccc1I. The first-order valence-corrected chi connectivity index (χ1v) is 8.59. The third-order valence-corrected chi connectivity index (χ3v) is 4.63. The van der Waals surface area contributed by atoms with Gasteiger partial charge in [0.25, 0.3) is 5.91 Å². The second-order valence-electron chi connectivity index (χ2n) is 5.01. The largest absolute Gasteiger partial charge is 0.301 e. The van der Waals surface area contributed by atoms with E-state index in [4.69, 9.17) is 12.2 Å². The van der Waals surface area contributed by atoms with Crippen molar-refractivity contribution in [2.24, 2.45) is 10.9 Å². The number of anilines is 1. The molecule has 1 saturated heterocycles. The van der Waals surface area contributed by atoms with Gasteiger partial charge in [0.05, 0.1) is 11.4 Å². The van der Waals surface area contributed by atoms with E-state index in [0.29, 0.717) is 11.4 Å². The number of amides is 2. The number of carbonyl (C=O) groups excluding carboxylic acids is 2. The van der Waals surface area contributed by atoms with Gasteiger partial charge in [-0.3, -0.25) is 19.5 Å². The maximum absolute atomic E-state index is 12.7. The molecule has 0 radical (unpaired) electrons. The summed E-state index contributed by atoms with van der Waals surface area (Å²) in [5.41, 5.74) is 1.32. The Morgan fingerprint density at radius 3 is 2.46 bits per heavy atom. The molecule has 3 rings (SSSR count). The van der Waals surface area contributed by atoms with Crippen LogP contribution >= 0.6 is 34.8 Å². The molecule has 1 atom stereocenters. The smallest absolute Gasteiger partial charge is 0.251 e. The first-order chi connectivity index (χ1) is 11.6. The molecule has 2 aromatic rings. The lowest BCUT2D eigenvalue weighted by Crippen LogP contribution is -2.58. The number of carbonyl (C=O) groups is 2. The van der Waals surface area contributed by atoms with Crippen molar-refractivity contribution in [2.75, 3.05) is 4.90 Å². The van der Waals surface area contributed by atoms with Crippen molar-refractivity contribution in [1.82, 2.24) is 5.32 Å². The van der Waals surface area contributed by atoms with E-state index >= 15 is 0 Å². The molecule has 1 fully saturated rings. The van der Waals surface area contributed by atoms with E-state index in [2.05, 4.69) is 32.9 Å². The van der Waals surface area contributed by atoms with Gasteiger partial charge in [0.1, 0.15) is 0 Å². The summed E-state index contributed by atoms with van der Waals surface area (Å²) in [4.78, 5) is 30.5. The van der Waals surface area contributed by atoms with Crippen LogP contribution in [0.4, 0.5) is 11.4 Å². The van der Waals surface area contributed by atoms with Crippen LogP contribution in [0.5, 0.6) is 0 Å². The van der Waals surface area contributed by atoms with Gasteiger partial charge in [0, 0.05) is 9.78 Å². The van der Waals surface area contributed by atoms with Gasteiger partial charge < -0.3 is 5.32 Å². The highest BCUT2D eigenvalue weighted by Crippen LogP contribution is 2.22. The molecule has 1 N–H and O–H groups in total. The summed E-state index contributed by atoms with van der Waals surface area (Å²) in [5, 5.41) is 2.64. The van der Waals surface area contributed by atoms with Crippen LogP contribution < -0.4 is 10.2 Å². The minimum Gasteiger partial charge on any atom is -0.301 e. The molecular weight excluding hydrogens is 437 g/mol. The van der Waals surface area contributed by atoms with Crippen LogP contribution in [-0.2, 0) is 9.59 Å². The Labute approximate surface area is 157 Å². The second kappa shape index (κ2) is 7.18. The summed E-state index contributed by atoms with van der Waals surface area (Å²) < 4.78 is 0.936. The highest BCUT2D eigenvalue weighted by atomic mass is 127. The number of thiocarbonyl (C=S) groups is 1. The summed E-state index contributed by atoms with van der Waals surface area (Å²) in [5.74, 6) is -1.90. The van der Waals surface area contributed by atoms with Crippen LogP contribution in [0.15, 0.2) is 59.6 Å². The third kappa shape index (κ3) is 3.36. The van der Waals surface area contributed by atoms with Crippen LogP contribution in [-0.4, -0.2) is 23.1 Å². The maximum Gasteiger partial charge on any atom is 0.251 e. The van der Waals surface area contributed by atoms with Crippen molar-refractivity contribution in [1.29, 1.82) is 0 Å². The molecule has 0 unspecified atom stereocenters. The van der Waals surface area contributed by atoms with E-state index < -0.39 is 17.7 Å². The van der Waals surface area contributed by atoms with Crippen LogP contribution in [0.3, 0.4) is 0 Å². The lowest BCUT2D eigenvalue weighted by Gasteiger charge is -2.30. The monoisotopic (exact) mass is 449 g/mol. The molecule has 0 aromatic heterocycles. The maximum atomic E-state index is 12.7. The number of benzene rings is 2. The molecule has 0 bridgehead atoms. The molecule has 2 amide bonds. The van der Waals surface area contributed by atoms with Gasteiger partial charge in [-0.15, -0.1) is 0 Å². The van der Waals surface area contributed by atoms with Crippen molar-refractivity contribution >= 4 is 69.3 Å². The molecule has 1 heterocycles. The zero-order chi connectivity index (χ0) is 17.1. The molecule has 0 spiro atoms. The van der Waals surface area contributed by atoms with Crippen LogP contribution in [0.2, 0.25) is 0 Å². The summed E-state index contributed by atoms with van der Waals surface area (Å²) >= 11 is 7.29. The molecule has 2 aromatic carbocycles. The Bertz CT molecular complexity index is 839. The Morgan fingerprint density at radius 1 is 1.08 bits per heavy atom. The number of rotatable bonds is 3. The molecule has 5 nitrogen and oxygen atoms in total. The Hall–Kier alpha value is -2.13. The summed E-state index contributed by atoms with van der Waals surface area (Å²) in [6.07, 6.45) is 1.37. The lowest BCUT2D eigenvalue weighted by molar-refractivity contribution is -0.130. The lowest BCUT2D eigenvalue weighted by atomic mass is 10.1. The number of hydrogen-bond donors (Lipinski definition) is 1. The summed E-state index contributed by atoms with van der Waals surface area (Å²) in [6.45, 7) is 0. The highest BCUT2D eigenvalue weighted by Gasteiger charge is 2.38. The van der Waals surface area contributed by atoms with Crippen LogP contribution in [0.1, 0.15) is 0 Å². The minimum atomic E-state index is -1.02. The van der Waals surface area contributed by atoms with Gasteiger partial charge in [0.2, 0.25) is 5.91 Å². The van der Waals surface area contributed by atoms with Crippen molar-refractivity contribution in [3.63, 3.8) is 0 Å². The quantitative estimate of drug-likeness (QED) is 0.339. The zero-order valence-corrected chi connectivity index (χ0v) is 15.3. The third-order valence-electron chi connectivity index (χ3n) is 3.43. The Morgan fingerprint density at radius 2 is 1.75 bits per heavy atom. The average Bonchev–Trinajstić information content (AvgIpc) is 2.57. The number of aliphatic imine (C=N–C) groups is 1. The van der Waals surface area contributed by atoms with Crippen LogP contribution in [0, 0.1) is 9.49 Å². The topological polar surface area (TPSA) is 61.8 Å². The standard InChI is InChI=1S/C17H12IN3O2S/c18-13-8-4-5-9-14(13)19-10-12-15(22)20-17(24)21(16(12)23)11-6-2-1-3-7-11/h1-10,12H,(H,20,22,24)/t12-/m1/s1. The predicted molar refractivity (Wildman–Crippen MR) is 105 cm³/mol. The second-order valence-corrected chi connectivity index (χ2v) is 6.56. The molecule has 1 aliphatic heterocycles. The number of para-hydroxylation sites is 2. The van der Waals surface area contributed by atoms with E-state index in [9.17, 15) is 9.59 Å². The van der Waals surface area contributed by atoms with Gasteiger partial charge in [-0.2, -0.15) is 0 Å². The average molecular weight is 449 g/mol. The van der Waals surface area contributed by atoms with Crippen molar-refractivity contribution in [3.8, 4) is 0 Å². The molecule has 0 aliphatic carbocycles. The predicted octanol–water partition coefficient (Wildman–Crippen LogP) is 3.06. The fourth-order valence-corrected chi connectivity index (χ4v) is 3.08. The molecule has 1 aliphatic rings.